The largest absolute Gasteiger partial charge is 0.489 e. The molecule has 1 radical (unpaired) electrons. The lowest BCUT2D eigenvalue weighted by atomic mass is 10.4. The Bertz CT molecular complexity index is 136. The second-order valence-electron chi connectivity index (χ2n) is 1.82. The molecule has 0 bridgehead atoms. The van der Waals surface area contributed by atoms with Crippen molar-refractivity contribution < 1.29 is 23.1 Å². The van der Waals surface area contributed by atoms with Crippen molar-refractivity contribution in [2.45, 2.75) is 25.9 Å². The van der Waals surface area contributed by atoms with Gasteiger partial charge < -0.3 is 5.11 Å². The highest BCUT2D eigenvalue weighted by molar-refractivity contribution is 5.48. The molecule has 1 atom stereocenters. The minimum absolute atomic E-state index is 0.186. The summed E-state index contributed by atoms with van der Waals surface area (Å²) in [7, 11) is 0. The van der Waals surface area contributed by atoms with E-state index in [4.69, 9.17) is 5.11 Å². The molecule has 1 amide bonds. The number of nitrogens with zero attached hydrogens (tertiary/aromatic N) is 1. The van der Waals surface area contributed by atoms with Crippen molar-refractivity contribution in [1.29, 1.82) is 0 Å². The van der Waals surface area contributed by atoms with Gasteiger partial charge in [0.05, 0.1) is 0 Å². The topological polar surface area (TPSA) is 40.5 Å². The van der Waals surface area contributed by atoms with Crippen LogP contribution in [0.25, 0.3) is 0 Å². The lowest BCUT2D eigenvalue weighted by Crippen LogP contribution is -2.44. The maximum atomic E-state index is 11.7. The van der Waals surface area contributed by atoms with E-state index in [0.29, 0.717) is 6.41 Å². The van der Waals surface area contributed by atoms with E-state index in [1.54, 1.807) is 0 Å². The summed E-state index contributed by atoms with van der Waals surface area (Å²) in [6.07, 6.45) is -6.28. The zero-order valence-electron chi connectivity index (χ0n) is 5.72. The Labute approximate surface area is 61.4 Å². The standard InChI is InChI=1S/C5H7F3NO2/c1-2-4(11)9(3-10)5(6,7)8/h4,11H,2H2,1H3. The van der Waals surface area contributed by atoms with Crippen LogP contribution in [0.1, 0.15) is 13.3 Å². The molecule has 0 saturated heterocycles. The second kappa shape index (κ2) is 3.56. The number of alkyl halides is 3. The van der Waals surface area contributed by atoms with Crippen molar-refractivity contribution in [3.05, 3.63) is 0 Å². The first kappa shape index (κ1) is 10.2. The first-order valence-corrected chi connectivity index (χ1v) is 2.85. The Morgan fingerprint density at radius 2 is 2.09 bits per heavy atom. The smallest absolute Gasteiger partial charge is 0.373 e. The molecule has 0 saturated carbocycles. The van der Waals surface area contributed by atoms with Crippen molar-refractivity contribution in [2.24, 2.45) is 0 Å². The second-order valence-corrected chi connectivity index (χ2v) is 1.82. The molecule has 0 aliphatic heterocycles. The Hall–Kier alpha value is -0.780. The van der Waals surface area contributed by atoms with Gasteiger partial charge in [0.25, 0.3) is 0 Å². The number of aliphatic hydroxyl groups is 1. The third-order valence-corrected chi connectivity index (χ3v) is 1.03. The number of hydrogen-bond donors (Lipinski definition) is 1. The maximum absolute atomic E-state index is 11.7. The van der Waals surface area contributed by atoms with Crippen LogP contribution in [0.15, 0.2) is 0 Å². The van der Waals surface area contributed by atoms with Crippen molar-refractivity contribution in [2.75, 3.05) is 0 Å². The Balaban J connectivity index is 4.28. The molecule has 0 aliphatic carbocycles. The van der Waals surface area contributed by atoms with Crippen LogP contribution >= 0.6 is 0 Å². The van der Waals surface area contributed by atoms with Gasteiger partial charge in [-0.3, -0.25) is 4.79 Å². The monoisotopic (exact) mass is 170 g/mol. The average molecular weight is 170 g/mol. The summed E-state index contributed by atoms with van der Waals surface area (Å²) in [5.41, 5.74) is 0. The Kier molecular flexibility index (Phi) is 3.31. The van der Waals surface area contributed by atoms with Crippen molar-refractivity contribution >= 4 is 6.41 Å². The summed E-state index contributed by atoms with van der Waals surface area (Å²) in [6.45, 7) is 1.32. The molecule has 0 aliphatic rings. The van der Waals surface area contributed by atoms with Gasteiger partial charge in [0, 0.05) is 0 Å². The molecule has 3 nitrogen and oxygen atoms in total. The number of aliphatic hydroxyl groups excluding tert-OH is 1. The zero-order valence-corrected chi connectivity index (χ0v) is 5.72. The predicted molar refractivity (Wildman–Crippen MR) is 29.9 cm³/mol. The van der Waals surface area contributed by atoms with E-state index in [0.717, 1.165) is 0 Å². The van der Waals surface area contributed by atoms with Gasteiger partial charge in [-0.25, -0.2) is 4.90 Å². The van der Waals surface area contributed by atoms with E-state index in [1.807, 2.05) is 0 Å². The fourth-order valence-corrected chi connectivity index (χ4v) is 0.464. The van der Waals surface area contributed by atoms with Gasteiger partial charge in [-0.2, -0.15) is 0 Å². The molecule has 1 unspecified atom stereocenters. The van der Waals surface area contributed by atoms with Gasteiger partial charge in [-0.15, -0.1) is 13.2 Å². The molecule has 0 aromatic heterocycles. The highest BCUT2D eigenvalue weighted by Crippen LogP contribution is 2.21. The normalized spacial score (nSPS) is 14.3. The third kappa shape index (κ3) is 2.75. The quantitative estimate of drug-likeness (QED) is 0.383. The molecule has 1 N–H and O–H groups in total. The first-order valence-electron chi connectivity index (χ1n) is 2.85. The Morgan fingerprint density at radius 1 is 1.64 bits per heavy atom. The van der Waals surface area contributed by atoms with Gasteiger partial charge in [0.2, 0.25) is 0 Å². The minimum Gasteiger partial charge on any atom is -0.373 e. The van der Waals surface area contributed by atoms with Gasteiger partial charge in [-0.1, -0.05) is 6.92 Å². The number of carbonyl (C=O) groups excluding carboxylic acids is 1. The van der Waals surface area contributed by atoms with Gasteiger partial charge in [0.15, 0.2) is 0 Å². The summed E-state index contributed by atoms with van der Waals surface area (Å²) in [5, 5.41) is 8.60. The van der Waals surface area contributed by atoms with Crippen molar-refractivity contribution in [3.63, 3.8) is 0 Å². The van der Waals surface area contributed by atoms with E-state index in [2.05, 4.69) is 0 Å². The summed E-state index contributed by atoms with van der Waals surface area (Å²) in [6, 6.07) is 0. The molecule has 11 heavy (non-hydrogen) atoms. The van der Waals surface area contributed by atoms with Crippen LogP contribution in [0.3, 0.4) is 0 Å². The Morgan fingerprint density at radius 3 is 2.18 bits per heavy atom. The molecule has 65 valence electrons. The lowest BCUT2D eigenvalue weighted by Gasteiger charge is -2.23. The molecule has 0 spiro atoms. The summed E-state index contributed by atoms with van der Waals surface area (Å²) in [4.78, 5) is 8.96. The van der Waals surface area contributed by atoms with Crippen LogP contribution in [0.2, 0.25) is 0 Å². The van der Waals surface area contributed by atoms with E-state index in [1.165, 1.54) is 6.92 Å². The highest BCUT2D eigenvalue weighted by atomic mass is 19.4. The predicted octanol–water partition coefficient (Wildman–Crippen LogP) is 0.604. The number of rotatable bonds is 3. The van der Waals surface area contributed by atoms with Gasteiger partial charge in [-0.05, 0) is 6.42 Å². The summed E-state index contributed by atoms with van der Waals surface area (Å²) in [5.74, 6) is 0. The summed E-state index contributed by atoms with van der Waals surface area (Å²) >= 11 is 0. The number of amides is 1. The van der Waals surface area contributed by atoms with Crippen molar-refractivity contribution in [3.8, 4) is 0 Å². The highest BCUT2D eigenvalue weighted by Gasteiger charge is 2.40. The van der Waals surface area contributed by atoms with E-state index in [-0.39, 0.29) is 6.42 Å². The zero-order chi connectivity index (χ0) is 9.07. The van der Waals surface area contributed by atoms with E-state index < -0.39 is 17.4 Å². The molecule has 0 aromatic rings. The number of hydrogen-bond acceptors (Lipinski definition) is 2. The fraction of sp³-hybridized carbons (Fsp3) is 0.800. The molecule has 6 heteroatoms. The van der Waals surface area contributed by atoms with Crippen LogP contribution in [-0.4, -0.2) is 28.9 Å². The average Bonchev–Trinajstić information content (AvgIpc) is 1.86. The lowest BCUT2D eigenvalue weighted by molar-refractivity contribution is -0.253. The van der Waals surface area contributed by atoms with Crippen LogP contribution < -0.4 is 0 Å². The first-order chi connectivity index (χ1) is 4.93. The molecule has 0 rings (SSSR count). The molecular formula is C5H7F3NO2. The van der Waals surface area contributed by atoms with E-state index in [9.17, 15) is 18.0 Å². The van der Waals surface area contributed by atoms with Crippen LogP contribution in [0, 0.1) is 0 Å². The van der Waals surface area contributed by atoms with E-state index >= 15 is 0 Å². The molecule has 0 heterocycles. The van der Waals surface area contributed by atoms with Gasteiger partial charge in [0.1, 0.15) is 6.23 Å². The summed E-state index contributed by atoms with van der Waals surface area (Å²) < 4.78 is 35.0. The SMILES string of the molecule is CCC(O)N([C]=O)C(F)(F)F. The van der Waals surface area contributed by atoms with Crippen LogP contribution in [0.4, 0.5) is 13.2 Å². The number of halogens is 3. The molecule has 0 aromatic carbocycles. The van der Waals surface area contributed by atoms with Crippen LogP contribution in [0.5, 0.6) is 0 Å². The fourth-order valence-electron chi connectivity index (χ4n) is 0.464. The third-order valence-electron chi connectivity index (χ3n) is 1.03. The van der Waals surface area contributed by atoms with Gasteiger partial charge >= 0.3 is 12.7 Å². The van der Waals surface area contributed by atoms with Crippen LogP contribution in [-0.2, 0) is 4.79 Å². The molecular weight excluding hydrogens is 163 g/mol. The van der Waals surface area contributed by atoms with Crippen molar-refractivity contribution in [1.82, 2.24) is 4.90 Å². The molecule has 0 fully saturated rings. The maximum Gasteiger partial charge on any atom is 0.489 e. The minimum atomic E-state index is -4.85.